The number of alkyl halides is 2. The monoisotopic (exact) mass is 424 g/mol. The molecule has 0 atom stereocenters. The molecule has 0 fully saturated rings. The smallest absolute Gasteiger partial charge is 0.299 e. The minimum atomic E-state index is -2.80. The van der Waals surface area contributed by atoms with Crippen LogP contribution in [0.25, 0.3) is 0 Å². The van der Waals surface area contributed by atoms with Crippen molar-refractivity contribution in [1.29, 1.82) is 0 Å². The van der Waals surface area contributed by atoms with Crippen molar-refractivity contribution in [2.45, 2.75) is 13.0 Å². The van der Waals surface area contributed by atoms with Crippen LogP contribution < -0.4 is 9.47 Å². The third-order valence-corrected chi connectivity index (χ3v) is 4.19. The van der Waals surface area contributed by atoms with E-state index in [0.29, 0.717) is 22.1 Å². The number of nitrogens with one attached hydrogen (secondary N) is 1. The van der Waals surface area contributed by atoms with Gasteiger partial charge in [0.05, 0.1) is 13.3 Å². The first kappa shape index (κ1) is 20.0. The minimum absolute atomic E-state index is 0.0235. The summed E-state index contributed by atoms with van der Waals surface area (Å²) in [5, 5.41) is 10.3. The number of aromatic nitrogens is 3. The van der Waals surface area contributed by atoms with Crippen LogP contribution in [0.1, 0.15) is 23.4 Å². The Hall–Kier alpha value is -2.78. The largest absolute Gasteiger partial charge is 0.496 e. The molecule has 0 unspecified atom stereocenters. The summed E-state index contributed by atoms with van der Waals surface area (Å²) in [6.07, 6.45) is -1.40. The van der Waals surface area contributed by atoms with Crippen LogP contribution in [0.4, 0.5) is 8.78 Å². The van der Waals surface area contributed by atoms with E-state index >= 15 is 0 Å². The standard InChI is InChI=1S/C18H15ClF2N4O2S/c1-26-15-6-5-11(9-22-25-17(16(20)21)23-24-18(25)28)7-12(15)10-27-14-4-2-3-13(19)8-14/h2-9,16H,10H2,1H3,(H,24,28). The molecule has 0 radical (unpaired) electrons. The molecule has 0 saturated carbocycles. The minimum Gasteiger partial charge on any atom is -0.496 e. The second kappa shape index (κ2) is 8.94. The van der Waals surface area contributed by atoms with Crippen LogP contribution in [0.5, 0.6) is 11.5 Å². The van der Waals surface area contributed by atoms with Gasteiger partial charge in [-0.25, -0.2) is 13.9 Å². The first-order valence-electron chi connectivity index (χ1n) is 8.03. The molecule has 0 aliphatic heterocycles. The van der Waals surface area contributed by atoms with E-state index in [4.69, 9.17) is 33.3 Å². The summed E-state index contributed by atoms with van der Waals surface area (Å²) >= 11 is 10.9. The second-order valence-corrected chi connectivity index (χ2v) is 6.38. The number of halogens is 3. The zero-order chi connectivity index (χ0) is 20.1. The number of ether oxygens (including phenoxy) is 2. The zero-order valence-electron chi connectivity index (χ0n) is 14.6. The Morgan fingerprint density at radius 1 is 1.32 bits per heavy atom. The summed E-state index contributed by atoms with van der Waals surface area (Å²) in [5.41, 5.74) is 1.39. The van der Waals surface area contributed by atoms with Crippen LogP contribution in [0.3, 0.4) is 0 Å². The lowest BCUT2D eigenvalue weighted by Crippen LogP contribution is -2.01. The molecule has 146 valence electrons. The average molecular weight is 425 g/mol. The molecule has 2 aromatic carbocycles. The van der Waals surface area contributed by atoms with Crippen molar-refractivity contribution in [2.75, 3.05) is 7.11 Å². The van der Waals surface area contributed by atoms with E-state index in [2.05, 4.69) is 15.3 Å². The fourth-order valence-corrected chi connectivity index (χ4v) is 2.76. The highest BCUT2D eigenvalue weighted by Crippen LogP contribution is 2.23. The first-order chi connectivity index (χ1) is 13.5. The van der Waals surface area contributed by atoms with Crippen LogP contribution >= 0.6 is 23.8 Å². The number of aromatic amines is 1. The van der Waals surface area contributed by atoms with Gasteiger partial charge in [0.2, 0.25) is 10.6 Å². The molecule has 1 N–H and O–H groups in total. The van der Waals surface area contributed by atoms with Gasteiger partial charge in [-0.3, -0.25) is 0 Å². The molecule has 0 bridgehead atoms. The molecule has 3 rings (SSSR count). The lowest BCUT2D eigenvalue weighted by Gasteiger charge is -2.11. The summed E-state index contributed by atoms with van der Waals surface area (Å²) in [6.45, 7) is 0.221. The Morgan fingerprint density at radius 3 is 2.86 bits per heavy atom. The molecular formula is C18H15ClF2N4O2S. The van der Waals surface area contributed by atoms with Gasteiger partial charge in [0, 0.05) is 10.6 Å². The van der Waals surface area contributed by atoms with Gasteiger partial charge in [-0.1, -0.05) is 17.7 Å². The second-order valence-electron chi connectivity index (χ2n) is 5.56. The van der Waals surface area contributed by atoms with E-state index in [1.807, 2.05) is 0 Å². The zero-order valence-corrected chi connectivity index (χ0v) is 16.2. The Balaban J connectivity index is 1.83. The van der Waals surface area contributed by atoms with E-state index < -0.39 is 12.2 Å². The van der Waals surface area contributed by atoms with E-state index in [9.17, 15) is 8.78 Å². The van der Waals surface area contributed by atoms with E-state index in [-0.39, 0.29) is 11.4 Å². The fraction of sp³-hybridized carbons (Fsp3) is 0.167. The molecule has 28 heavy (non-hydrogen) atoms. The van der Waals surface area contributed by atoms with Gasteiger partial charge in [-0.15, -0.1) is 0 Å². The summed E-state index contributed by atoms with van der Waals surface area (Å²) in [5.74, 6) is 0.673. The van der Waals surface area contributed by atoms with Gasteiger partial charge in [0.1, 0.15) is 18.1 Å². The average Bonchev–Trinajstić information content (AvgIpc) is 3.05. The summed E-state index contributed by atoms with van der Waals surface area (Å²) in [4.78, 5) is 0. The van der Waals surface area contributed by atoms with Crippen molar-refractivity contribution < 1.29 is 18.3 Å². The maximum absolute atomic E-state index is 13.0. The quantitative estimate of drug-likeness (QED) is 0.428. The number of rotatable bonds is 7. The summed E-state index contributed by atoms with van der Waals surface area (Å²) < 4.78 is 37.9. The van der Waals surface area contributed by atoms with E-state index in [1.165, 1.54) is 6.21 Å². The van der Waals surface area contributed by atoms with Crippen molar-refractivity contribution in [3.63, 3.8) is 0 Å². The lowest BCUT2D eigenvalue weighted by molar-refractivity contribution is 0.136. The van der Waals surface area contributed by atoms with Crippen molar-refractivity contribution in [3.05, 3.63) is 69.2 Å². The molecule has 1 heterocycles. The Labute approximate surface area is 169 Å². The molecule has 0 aliphatic rings. The van der Waals surface area contributed by atoms with Gasteiger partial charge in [0.15, 0.2) is 0 Å². The highest BCUT2D eigenvalue weighted by atomic mass is 35.5. The third-order valence-electron chi connectivity index (χ3n) is 3.69. The van der Waals surface area contributed by atoms with Gasteiger partial charge in [-0.2, -0.15) is 14.9 Å². The maximum Gasteiger partial charge on any atom is 0.299 e. The molecule has 0 spiro atoms. The normalized spacial score (nSPS) is 11.3. The SMILES string of the molecule is COc1ccc(C=Nn2c(C(F)F)n[nH]c2=S)cc1COc1cccc(Cl)c1. The van der Waals surface area contributed by atoms with Gasteiger partial charge >= 0.3 is 0 Å². The predicted molar refractivity (Wildman–Crippen MR) is 104 cm³/mol. The molecule has 10 heteroatoms. The molecule has 0 saturated heterocycles. The van der Waals surface area contributed by atoms with Crippen LogP contribution in [-0.2, 0) is 6.61 Å². The van der Waals surface area contributed by atoms with Crippen LogP contribution in [0.2, 0.25) is 5.02 Å². The number of benzene rings is 2. The Morgan fingerprint density at radius 2 is 2.14 bits per heavy atom. The van der Waals surface area contributed by atoms with Crippen LogP contribution in [0.15, 0.2) is 47.6 Å². The van der Waals surface area contributed by atoms with Crippen molar-refractivity contribution >= 4 is 30.0 Å². The summed E-state index contributed by atoms with van der Waals surface area (Å²) in [6, 6.07) is 12.3. The van der Waals surface area contributed by atoms with E-state index in [0.717, 1.165) is 10.2 Å². The number of hydrogen-bond acceptors (Lipinski definition) is 5. The van der Waals surface area contributed by atoms with Crippen LogP contribution in [-0.4, -0.2) is 28.2 Å². The Kier molecular flexibility index (Phi) is 6.37. The first-order valence-corrected chi connectivity index (χ1v) is 8.81. The van der Waals surface area contributed by atoms with Crippen molar-refractivity contribution in [2.24, 2.45) is 5.10 Å². The van der Waals surface area contributed by atoms with E-state index in [1.54, 1.807) is 49.6 Å². The Bertz CT molecular complexity index is 1050. The number of hydrogen-bond donors (Lipinski definition) is 1. The van der Waals surface area contributed by atoms with Gasteiger partial charge in [-0.05, 0) is 54.2 Å². The highest BCUT2D eigenvalue weighted by Gasteiger charge is 2.16. The summed E-state index contributed by atoms with van der Waals surface area (Å²) in [7, 11) is 1.55. The number of H-pyrrole nitrogens is 1. The fourth-order valence-electron chi connectivity index (χ4n) is 2.39. The topological polar surface area (TPSA) is 64.4 Å². The molecule has 0 aliphatic carbocycles. The molecule has 6 nitrogen and oxygen atoms in total. The van der Waals surface area contributed by atoms with Gasteiger partial charge < -0.3 is 9.47 Å². The highest BCUT2D eigenvalue weighted by molar-refractivity contribution is 7.71. The lowest BCUT2D eigenvalue weighted by atomic mass is 10.1. The van der Waals surface area contributed by atoms with Crippen molar-refractivity contribution in [1.82, 2.24) is 14.9 Å². The molecule has 0 amide bonds. The molecule has 3 aromatic rings. The molecular weight excluding hydrogens is 410 g/mol. The predicted octanol–water partition coefficient (Wildman–Crippen LogP) is 5.00. The number of nitrogens with zero attached hydrogens (tertiary/aromatic N) is 3. The maximum atomic E-state index is 13.0. The number of methoxy groups -OCH3 is 1. The molecule has 1 aromatic heterocycles. The van der Waals surface area contributed by atoms with Gasteiger partial charge in [0.25, 0.3) is 6.43 Å². The van der Waals surface area contributed by atoms with Crippen LogP contribution in [0, 0.1) is 4.77 Å². The van der Waals surface area contributed by atoms with Crippen molar-refractivity contribution in [3.8, 4) is 11.5 Å². The third kappa shape index (κ3) is 4.73.